The first kappa shape index (κ1) is 18.4. The van der Waals surface area contributed by atoms with Crippen LogP contribution in [0.1, 0.15) is 54.4 Å². The van der Waals surface area contributed by atoms with Gasteiger partial charge in [-0.2, -0.15) is 0 Å². The average molecular weight is 289 g/mol. The SMILES string of the molecule is CCC(C)[Si](C)(C)OC(CC)[Si](C)(C)C(C)(C)C. The zero-order valence-corrected chi connectivity index (χ0v) is 16.5. The highest BCUT2D eigenvalue weighted by atomic mass is 28.4. The van der Waals surface area contributed by atoms with Crippen LogP contribution in [0, 0.1) is 0 Å². The predicted molar refractivity (Wildman–Crippen MR) is 89.6 cm³/mol. The number of hydrogen-bond donors (Lipinski definition) is 0. The van der Waals surface area contributed by atoms with Crippen molar-refractivity contribution in [1.82, 2.24) is 0 Å². The first-order chi connectivity index (χ1) is 7.90. The fraction of sp³-hybridized carbons (Fsp3) is 1.00. The molecule has 2 atom stereocenters. The van der Waals surface area contributed by atoms with E-state index in [1.54, 1.807) is 0 Å². The van der Waals surface area contributed by atoms with Gasteiger partial charge in [0.25, 0.3) is 0 Å². The van der Waals surface area contributed by atoms with Crippen LogP contribution in [0.3, 0.4) is 0 Å². The lowest BCUT2D eigenvalue weighted by molar-refractivity contribution is 0.241. The highest BCUT2D eigenvalue weighted by molar-refractivity contribution is 6.82. The molecule has 0 bridgehead atoms. The van der Waals surface area contributed by atoms with E-state index in [4.69, 9.17) is 4.43 Å². The zero-order valence-electron chi connectivity index (χ0n) is 14.5. The smallest absolute Gasteiger partial charge is 0.189 e. The first-order valence-electron chi connectivity index (χ1n) is 7.58. The minimum atomic E-state index is -1.54. The summed E-state index contributed by atoms with van der Waals surface area (Å²) in [4.78, 5) is 0. The normalized spacial score (nSPS) is 17.7. The molecule has 0 aliphatic heterocycles. The summed E-state index contributed by atoms with van der Waals surface area (Å²) in [6.45, 7) is 23.9. The average Bonchev–Trinajstić information content (AvgIpc) is 2.22. The van der Waals surface area contributed by atoms with Gasteiger partial charge in [-0.15, -0.1) is 0 Å². The highest BCUT2D eigenvalue weighted by Crippen LogP contribution is 2.42. The Kier molecular flexibility index (Phi) is 6.37. The van der Waals surface area contributed by atoms with E-state index in [9.17, 15) is 0 Å². The van der Waals surface area contributed by atoms with Crippen LogP contribution in [0.15, 0.2) is 0 Å². The predicted octanol–water partition coefficient (Wildman–Crippen LogP) is 5.83. The molecule has 0 aliphatic rings. The van der Waals surface area contributed by atoms with Gasteiger partial charge in [0, 0.05) is 5.73 Å². The Hall–Kier alpha value is 0.394. The number of rotatable bonds is 6. The van der Waals surface area contributed by atoms with Crippen molar-refractivity contribution in [2.24, 2.45) is 0 Å². The van der Waals surface area contributed by atoms with Crippen molar-refractivity contribution in [1.29, 1.82) is 0 Å². The van der Waals surface area contributed by atoms with Gasteiger partial charge < -0.3 is 4.43 Å². The van der Waals surface area contributed by atoms with Gasteiger partial charge in [0.1, 0.15) is 0 Å². The van der Waals surface area contributed by atoms with Crippen LogP contribution in [0.25, 0.3) is 0 Å². The Morgan fingerprint density at radius 1 is 0.944 bits per heavy atom. The summed E-state index contributed by atoms with van der Waals surface area (Å²) < 4.78 is 6.73. The van der Waals surface area contributed by atoms with Crippen LogP contribution < -0.4 is 0 Å². The molecule has 2 unspecified atom stereocenters. The molecular weight excluding hydrogens is 252 g/mol. The highest BCUT2D eigenvalue weighted by Gasteiger charge is 2.45. The fourth-order valence-electron chi connectivity index (χ4n) is 2.20. The van der Waals surface area contributed by atoms with Crippen LogP contribution in [0.2, 0.25) is 36.8 Å². The first-order valence-corrected chi connectivity index (χ1v) is 13.6. The van der Waals surface area contributed by atoms with Crippen molar-refractivity contribution in [3.05, 3.63) is 0 Å². The third kappa shape index (κ3) is 4.21. The summed E-state index contributed by atoms with van der Waals surface area (Å²) in [6, 6.07) is 0. The molecule has 0 N–H and O–H groups in total. The summed E-state index contributed by atoms with van der Waals surface area (Å²) in [5.41, 5.74) is 1.25. The molecule has 0 spiro atoms. The third-order valence-electron chi connectivity index (χ3n) is 5.35. The Morgan fingerprint density at radius 2 is 1.39 bits per heavy atom. The van der Waals surface area contributed by atoms with Gasteiger partial charge in [0.2, 0.25) is 0 Å². The second-order valence-electron chi connectivity index (χ2n) is 7.90. The van der Waals surface area contributed by atoms with Gasteiger partial charge >= 0.3 is 0 Å². The quantitative estimate of drug-likeness (QED) is 0.558. The van der Waals surface area contributed by atoms with E-state index in [0.29, 0.717) is 10.8 Å². The monoisotopic (exact) mass is 288 g/mol. The molecule has 110 valence electrons. The van der Waals surface area contributed by atoms with Crippen molar-refractivity contribution in [3.8, 4) is 0 Å². The van der Waals surface area contributed by atoms with E-state index in [1.165, 1.54) is 12.8 Å². The van der Waals surface area contributed by atoms with E-state index in [-0.39, 0.29) is 0 Å². The molecule has 0 saturated heterocycles. The minimum absolute atomic E-state index is 0.410. The lowest BCUT2D eigenvalue weighted by Gasteiger charge is -2.46. The molecule has 0 aliphatic carbocycles. The van der Waals surface area contributed by atoms with Gasteiger partial charge in [-0.1, -0.05) is 61.1 Å². The maximum Gasteiger partial charge on any atom is 0.189 e. The second kappa shape index (κ2) is 6.23. The van der Waals surface area contributed by atoms with Gasteiger partial charge in [-0.3, -0.25) is 0 Å². The molecule has 0 radical (unpaired) electrons. The van der Waals surface area contributed by atoms with Crippen molar-refractivity contribution in [2.45, 2.75) is 96.9 Å². The Labute approximate surface area is 118 Å². The van der Waals surface area contributed by atoms with Crippen LogP contribution in [0.4, 0.5) is 0 Å². The molecule has 0 aromatic carbocycles. The molecule has 0 aromatic heterocycles. The topological polar surface area (TPSA) is 9.23 Å². The van der Waals surface area contributed by atoms with Crippen molar-refractivity contribution in [2.75, 3.05) is 0 Å². The lowest BCUT2D eigenvalue weighted by atomic mass is 10.2. The summed E-state index contributed by atoms with van der Waals surface area (Å²) in [7, 11) is -2.93. The van der Waals surface area contributed by atoms with E-state index >= 15 is 0 Å². The maximum absolute atomic E-state index is 6.73. The standard InChI is InChI=1S/C15H36OSi2/c1-11-13(3)18(9,10)16-14(12-2)17(7,8)15(4,5)6/h13-14H,11-12H2,1-10H3. The largest absolute Gasteiger partial charge is 0.417 e. The second-order valence-corrected chi connectivity index (χ2v) is 17.9. The molecule has 0 heterocycles. The molecule has 0 amide bonds. The van der Waals surface area contributed by atoms with Crippen LogP contribution in [-0.4, -0.2) is 22.1 Å². The van der Waals surface area contributed by atoms with Crippen LogP contribution >= 0.6 is 0 Å². The number of hydrogen-bond acceptors (Lipinski definition) is 1. The minimum Gasteiger partial charge on any atom is -0.417 e. The molecule has 0 saturated carbocycles. The Balaban J connectivity index is 5.03. The Morgan fingerprint density at radius 3 is 1.67 bits per heavy atom. The molecule has 0 aromatic rings. The summed E-state index contributed by atoms with van der Waals surface area (Å²) in [5.74, 6) is 0. The van der Waals surface area contributed by atoms with Gasteiger partial charge in [0.15, 0.2) is 8.32 Å². The molecular formula is C15H36OSi2. The molecule has 18 heavy (non-hydrogen) atoms. The van der Waals surface area contributed by atoms with Gasteiger partial charge in [0.05, 0.1) is 8.07 Å². The van der Waals surface area contributed by atoms with Crippen molar-refractivity contribution >= 4 is 16.4 Å². The summed E-state index contributed by atoms with van der Waals surface area (Å²) in [5, 5.41) is 0.410. The van der Waals surface area contributed by atoms with Crippen molar-refractivity contribution < 1.29 is 4.43 Å². The van der Waals surface area contributed by atoms with Crippen molar-refractivity contribution in [3.63, 3.8) is 0 Å². The molecule has 1 nitrogen and oxygen atoms in total. The summed E-state index contributed by atoms with van der Waals surface area (Å²) in [6.07, 6.45) is 2.41. The fourth-order valence-corrected chi connectivity index (χ4v) is 8.39. The molecule has 3 heteroatoms. The van der Waals surface area contributed by atoms with E-state index < -0.39 is 16.4 Å². The Bertz CT molecular complexity index is 254. The third-order valence-corrected chi connectivity index (χ3v) is 15.3. The van der Waals surface area contributed by atoms with Gasteiger partial charge in [-0.05, 0) is 30.1 Å². The molecule has 0 fully saturated rings. The molecule has 0 rings (SSSR count). The lowest BCUT2D eigenvalue weighted by Crippen LogP contribution is -2.55. The van der Waals surface area contributed by atoms with Crippen LogP contribution in [0.5, 0.6) is 0 Å². The van der Waals surface area contributed by atoms with E-state index in [2.05, 4.69) is 67.7 Å². The maximum atomic E-state index is 6.73. The van der Waals surface area contributed by atoms with Gasteiger partial charge in [-0.25, -0.2) is 0 Å². The summed E-state index contributed by atoms with van der Waals surface area (Å²) >= 11 is 0. The van der Waals surface area contributed by atoms with E-state index in [1.807, 2.05) is 0 Å². The van der Waals surface area contributed by atoms with E-state index in [0.717, 1.165) is 5.54 Å². The van der Waals surface area contributed by atoms with Crippen LogP contribution in [-0.2, 0) is 4.43 Å². The zero-order chi connectivity index (χ0) is 14.8.